The van der Waals surface area contributed by atoms with E-state index in [9.17, 15) is 0 Å². The summed E-state index contributed by atoms with van der Waals surface area (Å²) in [7, 11) is 1.60. The third-order valence-corrected chi connectivity index (χ3v) is 1.30. The van der Waals surface area contributed by atoms with Crippen LogP contribution in [0.3, 0.4) is 0 Å². The molecule has 2 nitrogen and oxygen atoms in total. The van der Waals surface area contributed by atoms with Crippen molar-refractivity contribution in [2.75, 3.05) is 7.11 Å². The average molecular weight is 156 g/mol. The van der Waals surface area contributed by atoms with E-state index in [0.29, 0.717) is 4.71 Å². The van der Waals surface area contributed by atoms with Crippen LogP contribution in [0.5, 0.6) is 5.75 Å². The maximum absolute atomic E-state index is 5.05. The fraction of sp³-hybridized carbons (Fsp3) is 0.286. The minimum absolute atomic E-state index is 0.455. The van der Waals surface area contributed by atoms with E-state index in [1.165, 1.54) is 0 Å². The maximum Gasteiger partial charge on any atom is 0.193 e. The molecule has 0 atom stereocenters. The summed E-state index contributed by atoms with van der Waals surface area (Å²) in [6.07, 6.45) is 0. The number of aryl methyl sites for hydroxylation is 1. The number of hydrogen-bond donors (Lipinski definition) is 0. The van der Waals surface area contributed by atoms with Crippen molar-refractivity contribution in [3.05, 3.63) is 22.6 Å². The van der Waals surface area contributed by atoms with Gasteiger partial charge in [-0.25, -0.2) is 0 Å². The summed E-state index contributed by atoms with van der Waals surface area (Å²) in [5, 5.41) is 0. The molecule has 1 aromatic rings. The van der Waals surface area contributed by atoms with Gasteiger partial charge in [-0.2, -0.15) is 0 Å². The lowest BCUT2D eigenvalue weighted by Crippen LogP contribution is -1.82. The molecule has 0 aromatic carbocycles. The summed E-state index contributed by atoms with van der Waals surface area (Å²) < 4.78 is 10.5. The van der Waals surface area contributed by atoms with Gasteiger partial charge in [0, 0.05) is 12.1 Å². The molecule has 1 heterocycles. The van der Waals surface area contributed by atoms with Crippen LogP contribution in [-0.2, 0) is 0 Å². The molecule has 0 spiro atoms. The Bertz CT molecular complexity index is 277. The molecule has 0 saturated carbocycles. The SMILES string of the molecule is COc1cc(C)oc(=S)c1. The molecular weight excluding hydrogens is 148 g/mol. The van der Waals surface area contributed by atoms with Crippen LogP contribution in [0.25, 0.3) is 0 Å². The highest BCUT2D eigenvalue weighted by Gasteiger charge is 1.92. The van der Waals surface area contributed by atoms with Crippen molar-refractivity contribution in [1.82, 2.24) is 0 Å². The van der Waals surface area contributed by atoms with Gasteiger partial charge in [-0.05, 0) is 19.1 Å². The van der Waals surface area contributed by atoms with Gasteiger partial charge < -0.3 is 9.15 Å². The average Bonchev–Trinajstić information content (AvgIpc) is 1.85. The Labute approximate surface area is 64.4 Å². The predicted molar refractivity (Wildman–Crippen MR) is 40.8 cm³/mol. The van der Waals surface area contributed by atoms with Crippen LogP contribution in [0.15, 0.2) is 16.5 Å². The van der Waals surface area contributed by atoms with Crippen molar-refractivity contribution < 1.29 is 9.15 Å². The normalized spacial score (nSPS) is 9.40. The highest BCUT2D eigenvalue weighted by atomic mass is 32.1. The van der Waals surface area contributed by atoms with Gasteiger partial charge in [0.25, 0.3) is 0 Å². The van der Waals surface area contributed by atoms with E-state index in [2.05, 4.69) is 0 Å². The molecule has 0 fully saturated rings. The smallest absolute Gasteiger partial charge is 0.193 e. The van der Waals surface area contributed by atoms with Gasteiger partial charge in [0.15, 0.2) is 4.71 Å². The number of rotatable bonds is 1. The second kappa shape index (κ2) is 2.84. The molecule has 1 rings (SSSR count). The molecule has 0 radical (unpaired) electrons. The van der Waals surface area contributed by atoms with Crippen molar-refractivity contribution in [3.63, 3.8) is 0 Å². The van der Waals surface area contributed by atoms with Crippen molar-refractivity contribution in [1.29, 1.82) is 0 Å². The van der Waals surface area contributed by atoms with E-state index in [-0.39, 0.29) is 0 Å². The van der Waals surface area contributed by atoms with Crippen LogP contribution in [0.4, 0.5) is 0 Å². The summed E-state index contributed by atoms with van der Waals surface area (Å²) in [5.74, 6) is 1.51. The van der Waals surface area contributed by atoms with Gasteiger partial charge in [-0.3, -0.25) is 0 Å². The van der Waals surface area contributed by atoms with Crippen LogP contribution in [0, 0.1) is 11.6 Å². The van der Waals surface area contributed by atoms with Crippen LogP contribution in [-0.4, -0.2) is 7.11 Å². The van der Waals surface area contributed by atoms with Gasteiger partial charge >= 0.3 is 0 Å². The Morgan fingerprint density at radius 3 is 2.70 bits per heavy atom. The summed E-state index contributed by atoms with van der Waals surface area (Å²) in [4.78, 5) is 0. The lowest BCUT2D eigenvalue weighted by Gasteiger charge is -1.98. The molecule has 0 N–H and O–H groups in total. The topological polar surface area (TPSA) is 22.4 Å². The second-order valence-electron chi connectivity index (χ2n) is 1.93. The number of hydrogen-bond acceptors (Lipinski definition) is 3. The van der Waals surface area contributed by atoms with E-state index in [4.69, 9.17) is 21.4 Å². The zero-order valence-corrected chi connectivity index (χ0v) is 6.70. The Morgan fingerprint density at radius 2 is 2.20 bits per heavy atom. The number of ether oxygens (including phenoxy) is 1. The zero-order chi connectivity index (χ0) is 7.56. The van der Waals surface area contributed by atoms with Crippen molar-refractivity contribution in [2.24, 2.45) is 0 Å². The minimum atomic E-state index is 0.455. The first-order valence-corrected chi connectivity index (χ1v) is 3.29. The van der Waals surface area contributed by atoms with Crippen molar-refractivity contribution in [3.8, 4) is 5.75 Å². The molecule has 0 saturated heterocycles. The molecular formula is C7H8O2S. The van der Waals surface area contributed by atoms with E-state index in [1.54, 1.807) is 19.2 Å². The predicted octanol–water partition coefficient (Wildman–Crippen LogP) is 2.33. The van der Waals surface area contributed by atoms with Crippen LogP contribution < -0.4 is 4.74 Å². The fourth-order valence-corrected chi connectivity index (χ4v) is 0.941. The fourth-order valence-electron chi connectivity index (χ4n) is 0.694. The van der Waals surface area contributed by atoms with Crippen molar-refractivity contribution in [2.45, 2.75) is 6.92 Å². The Hall–Kier alpha value is -0.830. The van der Waals surface area contributed by atoms with E-state index in [0.717, 1.165) is 11.5 Å². The minimum Gasteiger partial charge on any atom is -0.496 e. The van der Waals surface area contributed by atoms with Gasteiger partial charge in [0.1, 0.15) is 11.5 Å². The molecule has 10 heavy (non-hydrogen) atoms. The summed E-state index contributed by atoms with van der Waals surface area (Å²) >= 11 is 4.81. The highest BCUT2D eigenvalue weighted by Crippen LogP contribution is 2.12. The van der Waals surface area contributed by atoms with E-state index >= 15 is 0 Å². The van der Waals surface area contributed by atoms with Gasteiger partial charge in [0.05, 0.1) is 7.11 Å². The first kappa shape index (κ1) is 7.28. The maximum atomic E-state index is 5.05. The van der Waals surface area contributed by atoms with E-state index in [1.807, 2.05) is 6.92 Å². The Morgan fingerprint density at radius 1 is 1.50 bits per heavy atom. The standard InChI is InChI=1S/C7H8O2S/c1-5-3-6(8-2)4-7(10)9-5/h3-4H,1-2H3. The molecule has 54 valence electrons. The van der Waals surface area contributed by atoms with Gasteiger partial charge in [-0.1, -0.05) is 0 Å². The van der Waals surface area contributed by atoms with Crippen LogP contribution >= 0.6 is 12.2 Å². The molecule has 1 aromatic heterocycles. The van der Waals surface area contributed by atoms with Gasteiger partial charge in [-0.15, -0.1) is 0 Å². The molecule has 0 bridgehead atoms. The first-order chi connectivity index (χ1) is 4.72. The quantitative estimate of drug-likeness (QED) is 0.583. The largest absolute Gasteiger partial charge is 0.496 e. The zero-order valence-electron chi connectivity index (χ0n) is 5.88. The number of methoxy groups -OCH3 is 1. The summed E-state index contributed by atoms with van der Waals surface area (Å²) in [6.45, 7) is 1.83. The monoisotopic (exact) mass is 156 g/mol. The second-order valence-corrected chi connectivity index (χ2v) is 2.33. The van der Waals surface area contributed by atoms with Gasteiger partial charge in [0.2, 0.25) is 0 Å². The summed E-state index contributed by atoms with van der Waals surface area (Å²) in [5.41, 5.74) is 0. The third kappa shape index (κ3) is 1.57. The first-order valence-electron chi connectivity index (χ1n) is 2.88. The Kier molecular flexibility index (Phi) is 2.06. The molecule has 0 aliphatic carbocycles. The van der Waals surface area contributed by atoms with E-state index < -0.39 is 0 Å². The summed E-state index contributed by atoms with van der Waals surface area (Å²) in [6, 6.07) is 3.46. The molecule has 0 aliphatic rings. The molecule has 0 amide bonds. The van der Waals surface area contributed by atoms with Crippen molar-refractivity contribution >= 4 is 12.2 Å². The lowest BCUT2D eigenvalue weighted by atomic mass is 10.4. The highest BCUT2D eigenvalue weighted by molar-refractivity contribution is 7.71. The third-order valence-electron chi connectivity index (χ3n) is 1.10. The Balaban J connectivity index is 3.19. The molecule has 3 heteroatoms. The van der Waals surface area contributed by atoms with Crippen LogP contribution in [0.1, 0.15) is 5.76 Å². The molecule has 0 unspecified atom stereocenters. The molecule has 0 aliphatic heterocycles. The van der Waals surface area contributed by atoms with Crippen LogP contribution in [0.2, 0.25) is 0 Å². The lowest BCUT2D eigenvalue weighted by molar-refractivity contribution is 0.401.